The summed E-state index contributed by atoms with van der Waals surface area (Å²) in [5.41, 5.74) is 1.30. The number of fused-ring (bicyclic) bond motifs is 3. The average Bonchev–Trinajstić information content (AvgIpc) is 2.94. The lowest BCUT2D eigenvalue weighted by molar-refractivity contribution is 0.0410. The van der Waals surface area contributed by atoms with Crippen molar-refractivity contribution in [2.75, 3.05) is 38.6 Å². The molecule has 0 atom stereocenters. The van der Waals surface area contributed by atoms with E-state index >= 15 is 0 Å². The Balaban J connectivity index is 1.49. The van der Waals surface area contributed by atoms with Crippen molar-refractivity contribution >= 4 is 33.3 Å². The number of thioether (sulfide) groups is 1. The number of H-pyrrole nitrogens is 1. The molecule has 1 saturated heterocycles. The summed E-state index contributed by atoms with van der Waals surface area (Å²) in [7, 11) is 0. The predicted octanol–water partition coefficient (Wildman–Crippen LogP) is 2.29. The molecule has 1 fully saturated rings. The van der Waals surface area contributed by atoms with Gasteiger partial charge in [-0.15, -0.1) is 11.3 Å². The number of aromatic nitrogens is 2. The molecule has 1 N–H and O–H groups in total. The van der Waals surface area contributed by atoms with E-state index in [1.807, 2.05) is 0 Å². The molecule has 4 rings (SSSR count). The number of thiophene rings is 1. The van der Waals surface area contributed by atoms with Gasteiger partial charge < -0.3 is 9.72 Å². The van der Waals surface area contributed by atoms with E-state index in [9.17, 15) is 4.79 Å². The standard InChI is InChI=1S/C16H21N3O2S2/c20-14-13-11-3-1-2-4-12(11)23-15(13)18-16(17-14)22-10-7-19-5-8-21-9-6-19/h1-10H2,(H,17,18,20). The Morgan fingerprint density at radius 2 is 2.09 bits per heavy atom. The van der Waals surface area contributed by atoms with Crippen LogP contribution in [-0.2, 0) is 17.6 Å². The first-order valence-electron chi connectivity index (χ1n) is 8.29. The second-order valence-electron chi connectivity index (χ2n) is 6.06. The molecule has 5 nitrogen and oxygen atoms in total. The van der Waals surface area contributed by atoms with Gasteiger partial charge in [0.05, 0.1) is 18.6 Å². The molecule has 0 radical (unpaired) electrons. The number of hydrogen-bond acceptors (Lipinski definition) is 6. The van der Waals surface area contributed by atoms with Gasteiger partial charge in [0, 0.05) is 30.3 Å². The van der Waals surface area contributed by atoms with Crippen LogP contribution in [0.25, 0.3) is 10.2 Å². The van der Waals surface area contributed by atoms with Crippen LogP contribution in [0.2, 0.25) is 0 Å². The van der Waals surface area contributed by atoms with Gasteiger partial charge in [-0.3, -0.25) is 9.69 Å². The molecule has 0 spiro atoms. The molecule has 3 heterocycles. The van der Waals surface area contributed by atoms with Gasteiger partial charge in [-0.1, -0.05) is 11.8 Å². The topological polar surface area (TPSA) is 58.2 Å². The van der Waals surface area contributed by atoms with Crippen molar-refractivity contribution in [3.63, 3.8) is 0 Å². The van der Waals surface area contributed by atoms with Gasteiger partial charge in [-0.2, -0.15) is 0 Å². The van der Waals surface area contributed by atoms with Gasteiger partial charge in [0.25, 0.3) is 5.56 Å². The Morgan fingerprint density at radius 3 is 2.96 bits per heavy atom. The summed E-state index contributed by atoms with van der Waals surface area (Å²) in [5, 5.41) is 1.61. The number of ether oxygens (including phenoxy) is 1. The fourth-order valence-corrected chi connectivity index (χ4v) is 5.49. The zero-order valence-electron chi connectivity index (χ0n) is 13.1. The summed E-state index contributed by atoms with van der Waals surface area (Å²) in [4.78, 5) is 24.9. The van der Waals surface area contributed by atoms with Crippen LogP contribution < -0.4 is 5.56 Å². The van der Waals surface area contributed by atoms with E-state index in [0.29, 0.717) is 0 Å². The van der Waals surface area contributed by atoms with Gasteiger partial charge in [0.1, 0.15) is 4.83 Å². The predicted molar refractivity (Wildman–Crippen MR) is 94.9 cm³/mol. The van der Waals surface area contributed by atoms with Gasteiger partial charge in [-0.05, 0) is 31.2 Å². The molecule has 0 bridgehead atoms. The zero-order chi connectivity index (χ0) is 15.6. The smallest absolute Gasteiger partial charge is 0.260 e. The summed E-state index contributed by atoms with van der Waals surface area (Å²) in [6, 6.07) is 0. The van der Waals surface area contributed by atoms with Crippen LogP contribution in [0.4, 0.5) is 0 Å². The first-order chi connectivity index (χ1) is 11.3. The molecule has 2 aliphatic rings. The van der Waals surface area contributed by atoms with Crippen molar-refractivity contribution in [3.8, 4) is 0 Å². The molecular formula is C16H21N3O2S2. The minimum absolute atomic E-state index is 0.0447. The Kier molecular flexibility index (Phi) is 4.71. The van der Waals surface area contributed by atoms with E-state index in [0.717, 1.165) is 66.8 Å². The minimum Gasteiger partial charge on any atom is -0.379 e. The van der Waals surface area contributed by atoms with Gasteiger partial charge in [0.2, 0.25) is 0 Å². The third-order valence-electron chi connectivity index (χ3n) is 4.55. The quantitative estimate of drug-likeness (QED) is 0.676. The van der Waals surface area contributed by atoms with Crippen molar-refractivity contribution in [1.82, 2.24) is 14.9 Å². The molecule has 0 amide bonds. The highest BCUT2D eigenvalue weighted by atomic mass is 32.2. The Morgan fingerprint density at radius 1 is 1.26 bits per heavy atom. The largest absolute Gasteiger partial charge is 0.379 e. The summed E-state index contributed by atoms with van der Waals surface area (Å²) in [5.74, 6) is 0.944. The molecule has 23 heavy (non-hydrogen) atoms. The monoisotopic (exact) mass is 351 g/mol. The van der Waals surface area contributed by atoms with Crippen molar-refractivity contribution in [2.24, 2.45) is 0 Å². The maximum Gasteiger partial charge on any atom is 0.260 e. The van der Waals surface area contributed by atoms with Crippen LogP contribution in [0, 0.1) is 0 Å². The minimum atomic E-state index is 0.0447. The van der Waals surface area contributed by atoms with Gasteiger partial charge in [-0.25, -0.2) is 4.98 Å². The summed E-state index contributed by atoms with van der Waals surface area (Å²) in [6.45, 7) is 4.66. The van der Waals surface area contributed by atoms with Crippen molar-refractivity contribution in [2.45, 2.75) is 30.8 Å². The molecule has 0 unspecified atom stereocenters. The summed E-state index contributed by atoms with van der Waals surface area (Å²) < 4.78 is 5.36. The average molecular weight is 351 g/mol. The van der Waals surface area contributed by atoms with E-state index in [1.54, 1.807) is 23.1 Å². The number of aromatic amines is 1. The molecule has 0 saturated carbocycles. The fourth-order valence-electron chi connectivity index (χ4n) is 3.31. The number of hydrogen-bond donors (Lipinski definition) is 1. The van der Waals surface area contributed by atoms with Crippen LogP contribution in [0.3, 0.4) is 0 Å². The van der Waals surface area contributed by atoms with E-state index in [4.69, 9.17) is 9.72 Å². The summed E-state index contributed by atoms with van der Waals surface area (Å²) in [6.07, 6.45) is 4.56. The number of rotatable bonds is 4. The summed E-state index contributed by atoms with van der Waals surface area (Å²) >= 11 is 3.36. The number of nitrogens with zero attached hydrogens (tertiary/aromatic N) is 2. The molecule has 1 aliphatic carbocycles. The second-order valence-corrected chi connectivity index (χ2v) is 8.23. The van der Waals surface area contributed by atoms with Crippen LogP contribution in [0.5, 0.6) is 0 Å². The molecule has 2 aromatic rings. The highest BCUT2D eigenvalue weighted by Gasteiger charge is 2.20. The third kappa shape index (κ3) is 3.33. The molecule has 1 aliphatic heterocycles. The molecular weight excluding hydrogens is 330 g/mol. The van der Waals surface area contributed by atoms with E-state index in [-0.39, 0.29) is 5.56 Å². The van der Waals surface area contributed by atoms with E-state index in [1.165, 1.54) is 23.3 Å². The highest BCUT2D eigenvalue weighted by Crippen LogP contribution is 2.34. The maximum absolute atomic E-state index is 12.5. The highest BCUT2D eigenvalue weighted by molar-refractivity contribution is 7.99. The van der Waals surface area contributed by atoms with Gasteiger partial charge >= 0.3 is 0 Å². The normalized spacial score (nSPS) is 19.1. The number of aryl methyl sites for hydroxylation is 2. The Labute approximate surface area is 143 Å². The maximum atomic E-state index is 12.5. The Hall–Kier alpha value is -0.890. The van der Waals surface area contributed by atoms with Crippen molar-refractivity contribution in [3.05, 3.63) is 20.8 Å². The van der Waals surface area contributed by atoms with Crippen molar-refractivity contribution in [1.29, 1.82) is 0 Å². The lowest BCUT2D eigenvalue weighted by Crippen LogP contribution is -2.37. The number of morpholine rings is 1. The van der Waals surface area contributed by atoms with Gasteiger partial charge in [0.15, 0.2) is 5.16 Å². The molecule has 2 aromatic heterocycles. The first-order valence-corrected chi connectivity index (χ1v) is 10.1. The molecule has 7 heteroatoms. The lowest BCUT2D eigenvalue weighted by Gasteiger charge is -2.26. The van der Waals surface area contributed by atoms with E-state index < -0.39 is 0 Å². The second kappa shape index (κ2) is 6.93. The van der Waals surface area contributed by atoms with Crippen LogP contribution in [0.1, 0.15) is 23.3 Å². The first kappa shape index (κ1) is 15.6. The van der Waals surface area contributed by atoms with Crippen LogP contribution >= 0.6 is 23.1 Å². The SMILES string of the molecule is O=c1[nH]c(SCCN2CCOCC2)nc2sc3c(c12)CCCC3. The Bertz CT molecular complexity index is 750. The lowest BCUT2D eigenvalue weighted by atomic mass is 9.97. The van der Waals surface area contributed by atoms with Crippen LogP contribution in [0.15, 0.2) is 9.95 Å². The van der Waals surface area contributed by atoms with E-state index in [2.05, 4.69) is 9.88 Å². The van der Waals surface area contributed by atoms with Crippen LogP contribution in [-0.4, -0.2) is 53.5 Å². The third-order valence-corrected chi connectivity index (χ3v) is 6.59. The molecule has 0 aromatic carbocycles. The number of nitrogens with one attached hydrogen (secondary N) is 1. The molecule has 124 valence electrons. The van der Waals surface area contributed by atoms with Crippen molar-refractivity contribution < 1.29 is 4.74 Å². The zero-order valence-corrected chi connectivity index (χ0v) is 14.7. The fraction of sp³-hybridized carbons (Fsp3) is 0.625.